The Morgan fingerprint density at radius 1 is 1.15 bits per heavy atom. The van der Waals surface area contributed by atoms with Crippen LogP contribution in [0.1, 0.15) is 17.3 Å². The summed E-state index contributed by atoms with van der Waals surface area (Å²) in [5, 5.41) is 0. The molecule has 0 heterocycles. The third-order valence-electron chi connectivity index (χ3n) is 3.12. The number of carbonyl (C=O) groups is 1. The number of para-hydroxylation sites is 1. The molecule has 4 heteroatoms. The van der Waals surface area contributed by atoms with Crippen molar-refractivity contribution in [1.82, 2.24) is 0 Å². The highest BCUT2D eigenvalue weighted by Gasteiger charge is 2.22. The normalized spacial score (nSPS) is 10.1. The summed E-state index contributed by atoms with van der Waals surface area (Å²) in [6, 6.07) is 14.7. The minimum atomic E-state index is -0.159. The Kier molecular flexibility index (Phi) is 4.25. The monoisotopic (exact) mass is 270 g/mol. The van der Waals surface area contributed by atoms with Crippen LogP contribution in [0.25, 0.3) is 0 Å². The lowest BCUT2D eigenvalue weighted by Gasteiger charge is -2.22. The molecule has 0 fully saturated rings. The predicted molar refractivity (Wildman–Crippen MR) is 81.2 cm³/mol. The zero-order valence-electron chi connectivity index (χ0n) is 11.7. The van der Waals surface area contributed by atoms with Gasteiger partial charge < -0.3 is 15.4 Å². The summed E-state index contributed by atoms with van der Waals surface area (Å²) in [6.45, 7) is 2.48. The van der Waals surface area contributed by atoms with Crippen molar-refractivity contribution in [3.05, 3.63) is 54.1 Å². The van der Waals surface area contributed by atoms with Gasteiger partial charge in [-0.3, -0.25) is 4.79 Å². The zero-order chi connectivity index (χ0) is 14.5. The van der Waals surface area contributed by atoms with Crippen molar-refractivity contribution in [3.8, 4) is 5.75 Å². The summed E-state index contributed by atoms with van der Waals surface area (Å²) in [5.41, 5.74) is 7.60. The fraction of sp³-hybridized carbons (Fsp3) is 0.188. The number of hydrogen-bond acceptors (Lipinski definition) is 3. The number of rotatable bonds is 4. The van der Waals surface area contributed by atoms with Crippen molar-refractivity contribution in [2.45, 2.75) is 6.92 Å². The van der Waals surface area contributed by atoms with Crippen LogP contribution in [-0.4, -0.2) is 19.6 Å². The number of amides is 1. The SMILES string of the molecule is CCN(C(=O)c1c(N)cccc1OC)c1ccccc1. The van der Waals surface area contributed by atoms with Crippen LogP contribution in [0.5, 0.6) is 5.75 Å². The molecule has 0 aliphatic rings. The Labute approximate surface area is 118 Å². The van der Waals surface area contributed by atoms with Gasteiger partial charge in [0.05, 0.1) is 7.11 Å². The van der Waals surface area contributed by atoms with Gasteiger partial charge in [0.2, 0.25) is 0 Å². The summed E-state index contributed by atoms with van der Waals surface area (Å²) in [5.74, 6) is 0.332. The second-order valence-corrected chi connectivity index (χ2v) is 4.31. The number of ether oxygens (including phenoxy) is 1. The Balaban J connectivity index is 2.45. The molecule has 0 aromatic heterocycles. The molecule has 0 unspecified atom stereocenters. The molecule has 0 aliphatic carbocycles. The second kappa shape index (κ2) is 6.10. The number of carbonyl (C=O) groups excluding carboxylic acids is 1. The van der Waals surface area contributed by atoms with E-state index >= 15 is 0 Å². The van der Waals surface area contributed by atoms with E-state index < -0.39 is 0 Å². The van der Waals surface area contributed by atoms with Crippen LogP contribution in [0.2, 0.25) is 0 Å². The third kappa shape index (κ3) is 2.59. The van der Waals surface area contributed by atoms with E-state index in [1.165, 1.54) is 7.11 Å². The van der Waals surface area contributed by atoms with E-state index in [1.54, 1.807) is 23.1 Å². The predicted octanol–water partition coefficient (Wildman–Crippen LogP) is 2.94. The zero-order valence-corrected chi connectivity index (χ0v) is 11.7. The van der Waals surface area contributed by atoms with Crippen LogP contribution in [0, 0.1) is 0 Å². The Bertz CT molecular complexity index is 597. The van der Waals surface area contributed by atoms with Crippen LogP contribution in [0.4, 0.5) is 11.4 Å². The van der Waals surface area contributed by atoms with Gasteiger partial charge in [-0.05, 0) is 31.2 Å². The van der Waals surface area contributed by atoms with Crippen molar-refractivity contribution in [3.63, 3.8) is 0 Å². The number of nitrogens with zero attached hydrogens (tertiary/aromatic N) is 1. The van der Waals surface area contributed by atoms with Crippen molar-refractivity contribution in [2.24, 2.45) is 0 Å². The molecule has 0 bridgehead atoms. The first kappa shape index (κ1) is 13.9. The number of methoxy groups -OCH3 is 1. The van der Waals surface area contributed by atoms with Gasteiger partial charge in [0, 0.05) is 17.9 Å². The van der Waals surface area contributed by atoms with Crippen molar-refractivity contribution in [2.75, 3.05) is 24.3 Å². The van der Waals surface area contributed by atoms with E-state index in [0.29, 0.717) is 23.5 Å². The fourth-order valence-corrected chi connectivity index (χ4v) is 2.13. The van der Waals surface area contributed by atoms with Gasteiger partial charge >= 0.3 is 0 Å². The molecule has 2 aromatic rings. The first-order chi connectivity index (χ1) is 9.69. The highest BCUT2D eigenvalue weighted by atomic mass is 16.5. The van der Waals surface area contributed by atoms with Gasteiger partial charge in [-0.2, -0.15) is 0 Å². The molecule has 0 radical (unpaired) electrons. The summed E-state index contributed by atoms with van der Waals surface area (Å²) in [7, 11) is 1.53. The van der Waals surface area contributed by atoms with Gasteiger partial charge in [-0.15, -0.1) is 0 Å². The lowest BCUT2D eigenvalue weighted by molar-refractivity contribution is 0.0986. The molecule has 20 heavy (non-hydrogen) atoms. The van der Waals surface area contributed by atoms with E-state index in [2.05, 4.69) is 0 Å². The number of anilines is 2. The minimum absolute atomic E-state index is 0.159. The van der Waals surface area contributed by atoms with Gasteiger partial charge in [0.15, 0.2) is 0 Å². The number of hydrogen-bond donors (Lipinski definition) is 1. The van der Waals surface area contributed by atoms with E-state index in [4.69, 9.17) is 10.5 Å². The molecule has 1 amide bonds. The maximum atomic E-state index is 12.7. The van der Waals surface area contributed by atoms with E-state index in [1.807, 2.05) is 37.3 Å². The Morgan fingerprint density at radius 3 is 2.45 bits per heavy atom. The number of benzene rings is 2. The van der Waals surface area contributed by atoms with Crippen molar-refractivity contribution < 1.29 is 9.53 Å². The largest absolute Gasteiger partial charge is 0.496 e. The van der Waals surface area contributed by atoms with Crippen molar-refractivity contribution in [1.29, 1.82) is 0 Å². The van der Waals surface area contributed by atoms with Crippen LogP contribution in [0.15, 0.2) is 48.5 Å². The molecule has 0 aliphatic heterocycles. The quantitative estimate of drug-likeness (QED) is 0.869. The smallest absolute Gasteiger partial charge is 0.264 e. The van der Waals surface area contributed by atoms with E-state index in [0.717, 1.165) is 5.69 Å². The maximum Gasteiger partial charge on any atom is 0.264 e. The number of nitrogen functional groups attached to an aromatic ring is 1. The van der Waals surface area contributed by atoms with Gasteiger partial charge in [0.25, 0.3) is 5.91 Å². The van der Waals surface area contributed by atoms with Crippen LogP contribution >= 0.6 is 0 Å². The molecule has 0 saturated carbocycles. The maximum absolute atomic E-state index is 12.7. The average Bonchev–Trinajstić information content (AvgIpc) is 2.48. The van der Waals surface area contributed by atoms with E-state index in [9.17, 15) is 4.79 Å². The lowest BCUT2D eigenvalue weighted by Crippen LogP contribution is -2.31. The molecule has 0 saturated heterocycles. The molecule has 0 atom stereocenters. The van der Waals surface area contributed by atoms with Crippen LogP contribution in [0.3, 0.4) is 0 Å². The summed E-state index contributed by atoms with van der Waals surface area (Å²) >= 11 is 0. The topological polar surface area (TPSA) is 55.6 Å². The third-order valence-corrected chi connectivity index (χ3v) is 3.12. The Hall–Kier alpha value is -2.49. The second-order valence-electron chi connectivity index (χ2n) is 4.31. The summed E-state index contributed by atoms with van der Waals surface area (Å²) in [6.07, 6.45) is 0. The van der Waals surface area contributed by atoms with Gasteiger partial charge in [0.1, 0.15) is 11.3 Å². The average molecular weight is 270 g/mol. The Morgan fingerprint density at radius 2 is 1.85 bits per heavy atom. The highest BCUT2D eigenvalue weighted by Crippen LogP contribution is 2.27. The van der Waals surface area contributed by atoms with Crippen molar-refractivity contribution >= 4 is 17.3 Å². The fourth-order valence-electron chi connectivity index (χ4n) is 2.13. The van der Waals surface area contributed by atoms with Crippen LogP contribution in [-0.2, 0) is 0 Å². The van der Waals surface area contributed by atoms with E-state index in [-0.39, 0.29) is 5.91 Å². The summed E-state index contributed by atoms with van der Waals surface area (Å²) < 4.78 is 5.25. The first-order valence-electron chi connectivity index (χ1n) is 6.48. The highest BCUT2D eigenvalue weighted by molar-refractivity contribution is 6.11. The first-order valence-corrected chi connectivity index (χ1v) is 6.48. The summed E-state index contributed by atoms with van der Waals surface area (Å²) in [4.78, 5) is 14.4. The lowest BCUT2D eigenvalue weighted by atomic mass is 10.1. The molecule has 2 aromatic carbocycles. The molecule has 4 nitrogen and oxygen atoms in total. The molecule has 104 valence electrons. The van der Waals surface area contributed by atoms with Gasteiger partial charge in [-0.1, -0.05) is 24.3 Å². The standard InChI is InChI=1S/C16H18N2O2/c1-3-18(12-8-5-4-6-9-12)16(19)15-13(17)10-7-11-14(15)20-2/h4-11H,3,17H2,1-2H3. The van der Waals surface area contributed by atoms with Crippen LogP contribution < -0.4 is 15.4 Å². The molecule has 0 spiro atoms. The molecule has 2 rings (SSSR count). The molecular weight excluding hydrogens is 252 g/mol. The molecular formula is C16H18N2O2. The molecule has 2 N–H and O–H groups in total. The van der Waals surface area contributed by atoms with Gasteiger partial charge in [-0.25, -0.2) is 0 Å². The number of nitrogens with two attached hydrogens (primary N) is 1. The minimum Gasteiger partial charge on any atom is -0.496 e.